The van der Waals surface area contributed by atoms with Crippen molar-refractivity contribution >= 4 is 46.1 Å². The highest BCUT2D eigenvalue weighted by molar-refractivity contribution is 7.13. The predicted octanol–water partition coefficient (Wildman–Crippen LogP) is 4.46. The van der Waals surface area contributed by atoms with Crippen molar-refractivity contribution in [1.29, 1.82) is 0 Å². The summed E-state index contributed by atoms with van der Waals surface area (Å²) in [5, 5.41) is 6.32. The van der Waals surface area contributed by atoms with Gasteiger partial charge in [0.1, 0.15) is 5.01 Å². The van der Waals surface area contributed by atoms with Crippen LogP contribution in [-0.4, -0.2) is 23.3 Å². The molecule has 2 amide bonds. The van der Waals surface area contributed by atoms with Crippen LogP contribution in [0.3, 0.4) is 0 Å². The molecule has 0 saturated carbocycles. The minimum atomic E-state index is -0.393. The molecule has 0 radical (unpaired) electrons. The molecule has 0 bridgehead atoms. The van der Waals surface area contributed by atoms with Gasteiger partial charge < -0.3 is 10.2 Å². The highest BCUT2D eigenvalue weighted by atomic mass is 35.5. The summed E-state index contributed by atoms with van der Waals surface area (Å²) >= 11 is 7.57. The van der Waals surface area contributed by atoms with Gasteiger partial charge in [0.05, 0.1) is 5.92 Å². The Labute approximate surface area is 165 Å². The first kappa shape index (κ1) is 17.7. The number of nitrogens with one attached hydrogen (secondary N) is 1. The first-order valence-electron chi connectivity index (χ1n) is 8.47. The van der Waals surface area contributed by atoms with Gasteiger partial charge >= 0.3 is 0 Å². The lowest BCUT2D eigenvalue weighted by atomic mass is 10.1. The Morgan fingerprint density at radius 1 is 1.22 bits per heavy atom. The van der Waals surface area contributed by atoms with Crippen LogP contribution >= 0.6 is 22.9 Å². The summed E-state index contributed by atoms with van der Waals surface area (Å²) in [6.07, 6.45) is 1.95. The van der Waals surface area contributed by atoms with Crippen LogP contribution in [0.4, 0.5) is 11.4 Å². The number of halogens is 1. The second kappa shape index (κ2) is 7.50. The molecule has 4 rings (SSSR count). The molecule has 1 aliphatic heterocycles. The number of nitrogens with zero attached hydrogens (tertiary/aromatic N) is 2. The monoisotopic (exact) mass is 397 g/mol. The summed E-state index contributed by atoms with van der Waals surface area (Å²) in [5.41, 5.74) is 2.43. The highest BCUT2D eigenvalue weighted by Gasteiger charge is 2.35. The zero-order chi connectivity index (χ0) is 18.8. The zero-order valence-corrected chi connectivity index (χ0v) is 15.8. The van der Waals surface area contributed by atoms with E-state index in [-0.39, 0.29) is 18.2 Å². The SMILES string of the molecule is O=C(Nc1ccc(-c2nccs2)cc1)C1CC(=O)N(c2cccc(Cl)c2)C1. The largest absolute Gasteiger partial charge is 0.326 e. The van der Waals surface area contributed by atoms with E-state index in [4.69, 9.17) is 11.6 Å². The molecular weight excluding hydrogens is 382 g/mol. The molecule has 136 valence electrons. The summed E-state index contributed by atoms with van der Waals surface area (Å²) < 4.78 is 0. The number of hydrogen-bond donors (Lipinski definition) is 1. The molecule has 1 fully saturated rings. The van der Waals surface area contributed by atoms with Crippen LogP contribution in [0.5, 0.6) is 0 Å². The number of anilines is 2. The zero-order valence-electron chi connectivity index (χ0n) is 14.3. The van der Waals surface area contributed by atoms with Crippen LogP contribution in [-0.2, 0) is 9.59 Å². The lowest BCUT2D eigenvalue weighted by Crippen LogP contribution is -2.28. The van der Waals surface area contributed by atoms with Gasteiger partial charge in [-0.15, -0.1) is 11.3 Å². The third kappa shape index (κ3) is 3.86. The van der Waals surface area contributed by atoms with E-state index in [0.29, 0.717) is 17.3 Å². The van der Waals surface area contributed by atoms with Crippen molar-refractivity contribution in [1.82, 2.24) is 4.98 Å². The van der Waals surface area contributed by atoms with Gasteiger partial charge in [-0.05, 0) is 42.5 Å². The number of hydrogen-bond acceptors (Lipinski definition) is 4. The Kier molecular flexibility index (Phi) is 4.92. The summed E-state index contributed by atoms with van der Waals surface area (Å²) in [4.78, 5) is 30.8. The van der Waals surface area contributed by atoms with Gasteiger partial charge in [0.15, 0.2) is 0 Å². The Bertz CT molecular complexity index is 973. The summed E-state index contributed by atoms with van der Waals surface area (Å²) in [6, 6.07) is 14.6. The number of benzene rings is 2. The fourth-order valence-electron chi connectivity index (χ4n) is 3.08. The maximum atomic E-state index is 12.6. The number of carbonyl (C=O) groups excluding carboxylic acids is 2. The number of aromatic nitrogens is 1. The number of rotatable bonds is 4. The maximum Gasteiger partial charge on any atom is 0.229 e. The van der Waals surface area contributed by atoms with Gasteiger partial charge in [-0.1, -0.05) is 17.7 Å². The number of amides is 2. The average molecular weight is 398 g/mol. The summed E-state index contributed by atoms with van der Waals surface area (Å²) in [5.74, 6) is -0.624. The minimum Gasteiger partial charge on any atom is -0.326 e. The van der Waals surface area contributed by atoms with Crippen molar-refractivity contribution in [2.75, 3.05) is 16.8 Å². The highest BCUT2D eigenvalue weighted by Crippen LogP contribution is 2.28. The molecule has 2 heterocycles. The van der Waals surface area contributed by atoms with E-state index in [1.165, 1.54) is 0 Å². The van der Waals surface area contributed by atoms with Crippen molar-refractivity contribution in [2.45, 2.75) is 6.42 Å². The van der Waals surface area contributed by atoms with Crippen molar-refractivity contribution in [3.8, 4) is 10.6 Å². The lowest BCUT2D eigenvalue weighted by Gasteiger charge is -2.17. The summed E-state index contributed by atoms with van der Waals surface area (Å²) in [7, 11) is 0. The Hall–Kier alpha value is -2.70. The van der Waals surface area contributed by atoms with E-state index in [9.17, 15) is 9.59 Å². The van der Waals surface area contributed by atoms with Gasteiger partial charge in [-0.2, -0.15) is 0 Å². The number of carbonyl (C=O) groups is 2. The first-order chi connectivity index (χ1) is 13.1. The third-order valence-electron chi connectivity index (χ3n) is 4.45. The topological polar surface area (TPSA) is 62.3 Å². The predicted molar refractivity (Wildman–Crippen MR) is 108 cm³/mol. The molecule has 1 saturated heterocycles. The fraction of sp³-hybridized carbons (Fsp3) is 0.150. The normalized spacial score (nSPS) is 16.6. The molecular formula is C20H16ClN3O2S. The standard InChI is InChI=1S/C20H16ClN3O2S/c21-15-2-1-3-17(11-15)24-12-14(10-18(24)25)19(26)23-16-6-4-13(5-7-16)20-22-8-9-27-20/h1-9,11,14H,10,12H2,(H,23,26). The van der Waals surface area contributed by atoms with E-state index < -0.39 is 5.92 Å². The molecule has 1 aromatic heterocycles. The molecule has 7 heteroatoms. The molecule has 1 atom stereocenters. The van der Waals surface area contributed by atoms with Crippen LogP contribution in [0.25, 0.3) is 10.6 Å². The van der Waals surface area contributed by atoms with Crippen molar-refractivity contribution in [2.24, 2.45) is 5.92 Å². The second-order valence-electron chi connectivity index (χ2n) is 6.29. The lowest BCUT2D eigenvalue weighted by molar-refractivity contribution is -0.122. The van der Waals surface area contributed by atoms with Crippen LogP contribution in [0, 0.1) is 5.92 Å². The molecule has 1 N–H and O–H groups in total. The van der Waals surface area contributed by atoms with Gasteiger partial charge in [0.25, 0.3) is 0 Å². The average Bonchev–Trinajstić information content (AvgIpc) is 3.32. The smallest absolute Gasteiger partial charge is 0.229 e. The molecule has 2 aromatic carbocycles. The Balaban J connectivity index is 1.42. The van der Waals surface area contributed by atoms with Crippen LogP contribution in [0.1, 0.15) is 6.42 Å². The van der Waals surface area contributed by atoms with Gasteiger partial charge in [0, 0.05) is 46.5 Å². The molecule has 0 spiro atoms. The van der Waals surface area contributed by atoms with Crippen molar-refractivity contribution in [3.63, 3.8) is 0 Å². The van der Waals surface area contributed by atoms with Crippen LogP contribution in [0.15, 0.2) is 60.1 Å². The summed E-state index contributed by atoms with van der Waals surface area (Å²) in [6.45, 7) is 0.349. The van der Waals surface area contributed by atoms with E-state index >= 15 is 0 Å². The first-order valence-corrected chi connectivity index (χ1v) is 9.72. The van der Waals surface area contributed by atoms with Crippen LogP contribution < -0.4 is 10.2 Å². The molecule has 5 nitrogen and oxygen atoms in total. The quantitative estimate of drug-likeness (QED) is 0.707. The second-order valence-corrected chi connectivity index (χ2v) is 7.62. The van der Waals surface area contributed by atoms with Crippen molar-refractivity contribution in [3.05, 3.63) is 65.1 Å². The molecule has 1 unspecified atom stereocenters. The van der Waals surface area contributed by atoms with Crippen molar-refractivity contribution < 1.29 is 9.59 Å². The van der Waals surface area contributed by atoms with Gasteiger partial charge in [0.2, 0.25) is 11.8 Å². The Morgan fingerprint density at radius 3 is 2.74 bits per heavy atom. The Morgan fingerprint density at radius 2 is 2.04 bits per heavy atom. The molecule has 3 aromatic rings. The molecule has 0 aliphatic carbocycles. The molecule has 1 aliphatic rings. The third-order valence-corrected chi connectivity index (χ3v) is 5.50. The fourth-order valence-corrected chi connectivity index (χ4v) is 3.91. The van der Waals surface area contributed by atoms with E-state index in [1.54, 1.807) is 40.6 Å². The van der Waals surface area contributed by atoms with E-state index in [2.05, 4.69) is 10.3 Å². The van der Waals surface area contributed by atoms with Gasteiger partial charge in [-0.3, -0.25) is 9.59 Å². The van der Waals surface area contributed by atoms with E-state index in [1.807, 2.05) is 35.7 Å². The molecule has 27 heavy (non-hydrogen) atoms. The van der Waals surface area contributed by atoms with E-state index in [0.717, 1.165) is 16.3 Å². The number of thiazole rings is 1. The van der Waals surface area contributed by atoms with Gasteiger partial charge in [-0.25, -0.2) is 4.98 Å². The minimum absolute atomic E-state index is 0.0727. The van der Waals surface area contributed by atoms with Crippen LogP contribution in [0.2, 0.25) is 5.02 Å². The maximum absolute atomic E-state index is 12.6.